The molecule has 4 heterocycles. The Morgan fingerprint density at radius 2 is 1.53 bits per heavy atom. The van der Waals surface area contributed by atoms with Crippen molar-refractivity contribution in [3.05, 3.63) is 53.6 Å². The summed E-state index contributed by atoms with van der Waals surface area (Å²) in [5.41, 5.74) is 6.02. The predicted octanol–water partition coefficient (Wildman–Crippen LogP) is 6.57. The molecule has 0 saturated heterocycles. The first kappa shape index (κ1) is 46.8. The fraction of sp³-hybridized carbons (Fsp3) is 0.610. The van der Waals surface area contributed by atoms with Crippen LogP contribution in [0, 0.1) is 11.8 Å². The molecule has 1 aliphatic carbocycles. The van der Waals surface area contributed by atoms with Crippen LogP contribution in [0.4, 0.5) is 14.5 Å². The molecule has 19 heteroatoms. The highest BCUT2D eigenvalue weighted by atomic mass is 32.1. The molecule has 330 valence electrons. The fourth-order valence-electron chi connectivity index (χ4n) is 6.62. The molecular weight excluding hydrogens is 803 g/mol. The van der Waals surface area contributed by atoms with E-state index in [1.165, 1.54) is 16.0 Å². The van der Waals surface area contributed by atoms with Crippen molar-refractivity contribution < 1.29 is 46.8 Å². The molecule has 1 fully saturated rings. The van der Waals surface area contributed by atoms with Gasteiger partial charge in [0.25, 0.3) is 5.91 Å². The van der Waals surface area contributed by atoms with Crippen LogP contribution in [0.15, 0.2) is 36.1 Å². The molecule has 0 radical (unpaired) electrons. The summed E-state index contributed by atoms with van der Waals surface area (Å²) in [7, 11) is 0. The number of nitrogens with zero attached hydrogens (tertiary/aromatic N) is 6. The zero-order valence-corrected chi connectivity index (χ0v) is 35.2. The number of hydrogen-bond acceptors (Lipinski definition) is 14. The number of anilines is 1. The van der Waals surface area contributed by atoms with Crippen LogP contribution in [0.5, 0.6) is 0 Å². The lowest BCUT2D eigenvalue weighted by Crippen LogP contribution is -2.24. The minimum absolute atomic E-state index is 0.00919. The van der Waals surface area contributed by atoms with Crippen molar-refractivity contribution >= 4 is 28.9 Å². The van der Waals surface area contributed by atoms with Crippen LogP contribution >= 0.6 is 11.3 Å². The zero-order valence-electron chi connectivity index (χ0n) is 34.4. The van der Waals surface area contributed by atoms with Gasteiger partial charge in [-0.3, -0.25) is 14.3 Å². The van der Waals surface area contributed by atoms with Crippen molar-refractivity contribution in [1.29, 1.82) is 0 Å². The van der Waals surface area contributed by atoms with Crippen LogP contribution in [-0.2, 0) is 39.9 Å². The van der Waals surface area contributed by atoms with Gasteiger partial charge in [-0.05, 0) is 57.6 Å². The lowest BCUT2D eigenvalue weighted by Gasteiger charge is -2.28. The van der Waals surface area contributed by atoms with Crippen LogP contribution in [0.1, 0.15) is 94.1 Å². The first-order valence-corrected chi connectivity index (χ1v) is 21.7. The van der Waals surface area contributed by atoms with Gasteiger partial charge in [-0.1, -0.05) is 25.7 Å². The van der Waals surface area contributed by atoms with Gasteiger partial charge in [-0.25, -0.2) is 19.0 Å². The molecule has 60 heavy (non-hydrogen) atoms. The van der Waals surface area contributed by atoms with Crippen molar-refractivity contribution in [3.8, 4) is 22.0 Å². The van der Waals surface area contributed by atoms with Crippen molar-refractivity contribution in [3.63, 3.8) is 0 Å². The van der Waals surface area contributed by atoms with Crippen LogP contribution in [0.3, 0.4) is 0 Å². The van der Waals surface area contributed by atoms with E-state index in [0.29, 0.717) is 83.0 Å². The fourth-order valence-corrected chi connectivity index (χ4v) is 7.39. The van der Waals surface area contributed by atoms with E-state index in [0.717, 1.165) is 76.3 Å². The maximum Gasteiger partial charge on any atom is 0.307 e. The number of ether oxygens (including phenoxy) is 6. The van der Waals surface area contributed by atoms with Gasteiger partial charge in [0.15, 0.2) is 12.5 Å². The monoisotopic (exact) mass is 860 g/mol. The molecule has 1 amide bonds. The number of halogens is 2. The Labute approximate surface area is 353 Å². The SMILES string of the molecule is CCOC1CCC(n2cc(NC(=O)c3csc(-c4cnn(COC(=O)CCCCCCCCOCCOCCOCCOCCN)c4)n3)c(-c3nc(F)ccc3F)n2)CC1. The van der Waals surface area contributed by atoms with Crippen LogP contribution in [0.25, 0.3) is 22.0 Å². The largest absolute Gasteiger partial charge is 0.442 e. The number of rotatable bonds is 29. The van der Waals surface area contributed by atoms with Crippen LogP contribution < -0.4 is 11.1 Å². The molecule has 1 saturated carbocycles. The molecule has 1 aliphatic rings. The van der Waals surface area contributed by atoms with Crippen LogP contribution in [0.2, 0.25) is 0 Å². The number of pyridine rings is 1. The Kier molecular flexibility index (Phi) is 20.4. The van der Waals surface area contributed by atoms with Crippen molar-refractivity contribution in [2.75, 3.05) is 71.3 Å². The molecular formula is C41H58F2N8O8S. The van der Waals surface area contributed by atoms with E-state index in [2.05, 4.69) is 25.5 Å². The Balaban J connectivity index is 0.973. The summed E-state index contributed by atoms with van der Waals surface area (Å²) in [5, 5.41) is 13.8. The molecule has 0 atom stereocenters. The smallest absolute Gasteiger partial charge is 0.307 e. The number of amides is 1. The van der Waals surface area contributed by atoms with E-state index in [1.807, 2.05) is 6.92 Å². The number of unbranched alkanes of at least 4 members (excludes halogenated alkanes) is 5. The average Bonchev–Trinajstić information content (AvgIpc) is 4.03. The summed E-state index contributed by atoms with van der Waals surface area (Å²) in [5.74, 6) is -2.48. The number of esters is 1. The summed E-state index contributed by atoms with van der Waals surface area (Å²) in [6.45, 7) is 7.53. The number of carbonyl (C=O) groups excluding carboxylic acids is 2. The highest BCUT2D eigenvalue weighted by molar-refractivity contribution is 7.13. The van der Waals surface area contributed by atoms with Crippen LogP contribution in [-0.4, -0.2) is 114 Å². The van der Waals surface area contributed by atoms with E-state index in [-0.39, 0.29) is 47.6 Å². The zero-order chi connectivity index (χ0) is 42.4. The van der Waals surface area contributed by atoms with Gasteiger partial charge in [-0.2, -0.15) is 14.6 Å². The van der Waals surface area contributed by atoms with E-state index in [4.69, 9.17) is 34.2 Å². The molecule has 0 spiro atoms. The second-order valence-corrected chi connectivity index (χ2v) is 15.1. The summed E-state index contributed by atoms with van der Waals surface area (Å²) in [6, 6.07) is 1.90. The molecule has 0 aromatic carbocycles. The first-order valence-electron chi connectivity index (χ1n) is 20.8. The number of hydrogen-bond donors (Lipinski definition) is 2. The molecule has 4 aromatic heterocycles. The number of aromatic nitrogens is 6. The summed E-state index contributed by atoms with van der Waals surface area (Å²) < 4.78 is 65.2. The van der Waals surface area contributed by atoms with Gasteiger partial charge in [0.05, 0.1) is 70.3 Å². The van der Waals surface area contributed by atoms with E-state index >= 15 is 0 Å². The predicted molar refractivity (Wildman–Crippen MR) is 220 cm³/mol. The molecule has 4 aromatic rings. The second kappa shape index (κ2) is 26.2. The van der Waals surface area contributed by atoms with Gasteiger partial charge in [-0.15, -0.1) is 11.3 Å². The lowest BCUT2D eigenvalue weighted by molar-refractivity contribution is -0.148. The van der Waals surface area contributed by atoms with Gasteiger partial charge in [0.2, 0.25) is 5.95 Å². The number of thiazole rings is 1. The normalized spacial score (nSPS) is 15.4. The Morgan fingerprint density at radius 3 is 2.25 bits per heavy atom. The van der Waals surface area contributed by atoms with E-state index in [1.54, 1.807) is 28.7 Å². The quantitative estimate of drug-likeness (QED) is 0.0339. The Bertz CT molecular complexity index is 1870. The highest BCUT2D eigenvalue weighted by Crippen LogP contribution is 2.35. The topological polar surface area (TPSA) is 189 Å². The highest BCUT2D eigenvalue weighted by Gasteiger charge is 2.27. The van der Waals surface area contributed by atoms with E-state index in [9.17, 15) is 18.4 Å². The van der Waals surface area contributed by atoms with E-state index < -0.39 is 17.7 Å². The summed E-state index contributed by atoms with van der Waals surface area (Å²) in [4.78, 5) is 34.0. The van der Waals surface area contributed by atoms with Gasteiger partial charge < -0.3 is 39.5 Å². The second-order valence-electron chi connectivity index (χ2n) is 14.2. The Morgan fingerprint density at radius 1 is 0.850 bits per heavy atom. The van der Waals surface area contributed by atoms with Crippen molar-refractivity contribution in [2.24, 2.45) is 5.73 Å². The third-order valence-electron chi connectivity index (χ3n) is 9.71. The van der Waals surface area contributed by atoms with Gasteiger partial charge in [0, 0.05) is 49.5 Å². The first-order chi connectivity index (χ1) is 29.3. The molecule has 5 rings (SSSR count). The summed E-state index contributed by atoms with van der Waals surface area (Å²) in [6.07, 6.45) is 14.5. The molecule has 0 unspecified atom stereocenters. The maximum absolute atomic E-state index is 14.9. The minimum atomic E-state index is -0.867. The Hall–Kier alpha value is -4.24. The molecule has 0 aliphatic heterocycles. The van der Waals surface area contributed by atoms with Gasteiger partial charge in [0.1, 0.15) is 22.1 Å². The molecule has 3 N–H and O–H groups in total. The minimum Gasteiger partial charge on any atom is -0.442 e. The standard InChI is InChI=1S/C41H58F2N8O8S/c1-2-58-32-12-10-31(11-13-32)51-27-34(39(49-51)38-33(42)14-15-36(43)48-38)46-40(53)35-28-60-41(47-35)30-25-45-50(26-30)29-59-37(52)9-7-5-3-4-6-8-17-54-19-21-56-23-24-57-22-20-55-18-16-44/h14-15,25-28,31-32H,2-13,16-24,29,44H2,1H3,(H,46,53). The number of carbonyl (C=O) groups is 2. The number of nitrogens with two attached hydrogens (primary N) is 1. The third kappa shape index (κ3) is 15.7. The maximum atomic E-state index is 14.9. The number of nitrogens with one attached hydrogen (secondary N) is 1. The lowest BCUT2D eigenvalue weighted by atomic mass is 9.93. The third-order valence-corrected chi connectivity index (χ3v) is 10.6. The van der Waals surface area contributed by atoms with Crippen molar-refractivity contribution in [1.82, 2.24) is 29.5 Å². The molecule has 16 nitrogen and oxygen atoms in total. The summed E-state index contributed by atoms with van der Waals surface area (Å²) >= 11 is 1.24. The van der Waals surface area contributed by atoms with Crippen molar-refractivity contribution in [2.45, 2.75) is 96.4 Å². The average molecular weight is 861 g/mol. The van der Waals surface area contributed by atoms with Gasteiger partial charge >= 0.3 is 5.97 Å². The molecule has 0 bridgehead atoms.